The largest absolute Gasteiger partial charge is 0.313 e. The number of hydrogen-bond donors (Lipinski definition) is 1. The lowest BCUT2D eigenvalue weighted by molar-refractivity contribution is 0.314. The maximum Gasteiger partial charge on any atom is 0.136 e. The fourth-order valence-electron chi connectivity index (χ4n) is 2.93. The zero-order valence-corrected chi connectivity index (χ0v) is 9.95. The van der Waals surface area contributed by atoms with Crippen LogP contribution in [0.5, 0.6) is 0 Å². The van der Waals surface area contributed by atoms with Crippen molar-refractivity contribution in [1.29, 1.82) is 0 Å². The molecule has 1 N–H and O–H groups in total. The van der Waals surface area contributed by atoms with Gasteiger partial charge in [-0.25, -0.2) is 0 Å². The molecule has 16 heavy (non-hydrogen) atoms. The maximum atomic E-state index is 4.43. The van der Waals surface area contributed by atoms with Crippen LogP contribution < -0.4 is 5.32 Å². The van der Waals surface area contributed by atoms with E-state index >= 15 is 0 Å². The monoisotopic (exact) mass is 220 g/mol. The van der Waals surface area contributed by atoms with Crippen molar-refractivity contribution in [2.24, 2.45) is 0 Å². The van der Waals surface area contributed by atoms with E-state index in [4.69, 9.17) is 0 Å². The van der Waals surface area contributed by atoms with Crippen molar-refractivity contribution in [3.63, 3.8) is 0 Å². The molecule has 3 rings (SSSR count). The molecule has 4 nitrogen and oxygen atoms in total. The minimum atomic E-state index is 0.604. The van der Waals surface area contributed by atoms with Crippen molar-refractivity contribution in [2.75, 3.05) is 13.1 Å². The molecular formula is C12H20N4. The Hall–Kier alpha value is -0.900. The van der Waals surface area contributed by atoms with Gasteiger partial charge in [-0.3, -0.25) is 0 Å². The number of hydrogen-bond acceptors (Lipinski definition) is 3. The highest BCUT2D eigenvalue weighted by Crippen LogP contribution is 2.33. The van der Waals surface area contributed by atoms with E-state index in [-0.39, 0.29) is 0 Å². The van der Waals surface area contributed by atoms with Crippen LogP contribution in [0.1, 0.15) is 55.7 Å². The first-order valence-corrected chi connectivity index (χ1v) is 6.48. The predicted molar refractivity (Wildman–Crippen MR) is 62.5 cm³/mol. The zero-order valence-electron chi connectivity index (χ0n) is 9.95. The summed E-state index contributed by atoms with van der Waals surface area (Å²) in [6, 6.07) is 0.604. The minimum Gasteiger partial charge on any atom is -0.313 e. The van der Waals surface area contributed by atoms with Crippen LogP contribution in [-0.2, 0) is 0 Å². The summed E-state index contributed by atoms with van der Waals surface area (Å²) in [5.74, 6) is 3.01. The first-order valence-electron chi connectivity index (χ1n) is 6.48. The summed E-state index contributed by atoms with van der Waals surface area (Å²) in [7, 11) is 0. The zero-order chi connectivity index (χ0) is 11.0. The maximum absolute atomic E-state index is 4.43. The SMILES string of the molecule is Cc1nnc(C2CCCCC2)n1C1CNC1. The van der Waals surface area contributed by atoms with Gasteiger partial charge in [0.25, 0.3) is 0 Å². The highest BCUT2D eigenvalue weighted by molar-refractivity contribution is 5.06. The average molecular weight is 220 g/mol. The molecule has 0 amide bonds. The van der Waals surface area contributed by atoms with Gasteiger partial charge >= 0.3 is 0 Å². The van der Waals surface area contributed by atoms with E-state index in [0.29, 0.717) is 12.0 Å². The fourth-order valence-corrected chi connectivity index (χ4v) is 2.93. The molecule has 1 aliphatic heterocycles. The van der Waals surface area contributed by atoms with Crippen molar-refractivity contribution in [1.82, 2.24) is 20.1 Å². The number of nitrogens with one attached hydrogen (secondary N) is 1. The topological polar surface area (TPSA) is 42.7 Å². The first-order chi connectivity index (χ1) is 7.86. The summed E-state index contributed by atoms with van der Waals surface area (Å²) in [5.41, 5.74) is 0. The van der Waals surface area contributed by atoms with E-state index in [1.807, 2.05) is 0 Å². The Kier molecular flexibility index (Phi) is 2.67. The Morgan fingerprint density at radius 2 is 1.88 bits per heavy atom. The highest BCUT2D eigenvalue weighted by Gasteiger charge is 2.28. The Labute approximate surface area is 96.4 Å². The highest BCUT2D eigenvalue weighted by atomic mass is 15.3. The smallest absolute Gasteiger partial charge is 0.136 e. The van der Waals surface area contributed by atoms with Crippen LogP contribution in [0.4, 0.5) is 0 Å². The summed E-state index contributed by atoms with van der Waals surface area (Å²) in [5, 5.41) is 12.0. The van der Waals surface area contributed by atoms with Gasteiger partial charge in [-0.15, -0.1) is 10.2 Å². The van der Waals surface area contributed by atoms with Gasteiger partial charge in [0.05, 0.1) is 6.04 Å². The second-order valence-corrected chi connectivity index (χ2v) is 5.12. The molecule has 4 heteroatoms. The summed E-state index contributed by atoms with van der Waals surface area (Å²) in [4.78, 5) is 0. The van der Waals surface area contributed by atoms with Crippen LogP contribution in [0.3, 0.4) is 0 Å². The van der Waals surface area contributed by atoms with E-state index in [1.54, 1.807) is 0 Å². The van der Waals surface area contributed by atoms with E-state index in [0.717, 1.165) is 18.9 Å². The van der Waals surface area contributed by atoms with Crippen LogP contribution in [-0.4, -0.2) is 27.9 Å². The van der Waals surface area contributed by atoms with Crippen LogP contribution in [0.15, 0.2) is 0 Å². The molecule has 1 aliphatic carbocycles. The lowest BCUT2D eigenvalue weighted by Gasteiger charge is -2.32. The molecule has 1 aromatic heterocycles. The van der Waals surface area contributed by atoms with E-state index < -0.39 is 0 Å². The predicted octanol–water partition coefficient (Wildman–Crippen LogP) is 1.78. The molecule has 1 aromatic rings. The van der Waals surface area contributed by atoms with Gasteiger partial charge in [-0.2, -0.15) is 0 Å². The van der Waals surface area contributed by atoms with Crippen molar-refractivity contribution in [2.45, 2.75) is 51.0 Å². The summed E-state index contributed by atoms with van der Waals surface area (Å²) >= 11 is 0. The fraction of sp³-hybridized carbons (Fsp3) is 0.833. The number of nitrogens with zero attached hydrogens (tertiary/aromatic N) is 3. The quantitative estimate of drug-likeness (QED) is 0.826. The lowest BCUT2D eigenvalue weighted by Crippen LogP contribution is -2.44. The molecule has 0 aromatic carbocycles. The summed E-state index contributed by atoms with van der Waals surface area (Å²) in [6.45, 7) is 4.24. The molecule has 2 aliphatic rings. The van der Waals surface area contributed by atoms with Crippen molar-refractivity contribution in [3.05, 3.63) is 11.6 Å². The van der Waals surface area contributed by atoms with Crippen LogP contribution >= 0.6 is 0 Å². The minimum absolute atomic E-state index is 0.604. The number of rotatable bonds is 2. The van der Waals surface area contributed by atoms with E-state index in [9.17, 15) is 0 Å². The van der Waals surface area contributed by atoms with E-state index in [1.165, 1.54) is 37.9 Å². The van der Waals surface area contributed by atoms with Gasteiger partial charge < -0.3 is 9.88 Å². The Morgan fingerprint density at radius 1 is 1.12 bits per heavy atom. The summed E-state index contributed by atoms with van der Waals surface area (Å²) in [6.07, 6.45) is 6.73. The number of aryl methyl sites for hydroxylation is 1. The van der Waals surface area contributed by atoms with Gasteiger partial charge in [0.2, 0.25) is 0 Å². The molecule has 88 valence electrons. The lowest BCUT2D eigenvalue weighted by atomic mass is 9.88. The van der Waals surface area contributed by atoms with Gasteiger partial charge in [0, 0.05) is 19.0 Å². The Morgan fingerprint density at radius 3 is 2.50 bits per heavy atom. The molecule has 0 spiro atoms. The second-order valence-electron chi connectivity index (χ2n) is 5.12. The molecule has 2 fully saturated rings. The number of aromatic nitrogens is 3. The van der Waals surface area contributed by atoms with Crippen LogP contribution in [0.2, 0.25) is 0 Å². The van der Waals surface area contributed by atoms with E-state index in [2.05, 4.69) is 27.0 Å². The molecule has 2 heterocycles. The van der Waals surface area contributed by atoms with Gasteiger partial charge in [0.15, 0.2) is 0 Å². The van der Waals surface area contributed by atoms with Crippen LogP contribution in [0, 0.1) is 6.92 Å². The second kappa shape index (κ2) is 4.17. The van der Waals surface area contributed by atoms with Crippen molar-refractivity contribution >= 4 is 0 Å². The standard InChI is InChI=1S/C12H20N4/c1-9-14-15-12(10-5-3-2-4-6-10)16(9)11-7-13-8-11/h10-11,13H,2-8H2,1H3. The Balaban J connectivity index is 1.87. The molecule has 1 saturated carbocycles. The van der Waals surface area contributed by atoms with Crippen LogP contribution in [0.25, 0.3) is 0 Å². The third kappa shape index (κ3) is 1.65. The third-order valence-corrected chi connectivity index (χ3v) is 3.99. The van der Waals surface area contributed by atoms with Gasteiger partial charge in [-0.05, 0) is 19.8 Å². The van der Waals surface area contributed by atoms with Crippen molar-refractivity contribution < 1.29 is 0 Å². The Bertz CT molecular complexity index is 361. The normalized spacial score (nSPS) is 23.3. The first kappa shape index (κ1) is 10.3. The molecular weight excluding hydrogens is 200 g/mol. The van der Waals surface area contributed by atoms with Gasteiger partial charge in [0.1, 0.15) is 11.6 Å². The third-order valence-electron chi connectivity index (χ3n) is 3.99. The molecule has 0 radical (unpaired) electrons. The molecule has 0 atom stereocenters. The van der Waals surface area contributed by atoms with Gasteiger partial charge in [-0.1, -0.05) is 19.3 Å². The van der Waals surface area contributed by atoms with Crippen molar-refractivity contribution in [3.8, 4) is 0 Å². The molecule has 0 unspecified atom stereocenters. The molecule has 1 saturated heterocycles. The average Bonchev–Trinajstić information content (AvgIpc) is 2.60. The molecule has 0 bridgehead atoms. The summed E-state index contributed by atoms with van der Waals surface area (Å²) < 4.78 is 2.38.